The minimum absolute atomic E-state index is 0.0798. The second-order valence-corrected chi connectivity index (χ2v) is 4.64. The van der Waals surface area contributed by atoms with Gasteiger partial charge in [-0.05, 0) is 38.6 Å². The van der Waals surface area contributed by atoms with Gasteiger partial charge in [0.05, 0.1) is 23.8 Å². The molecule has 0 aliphatic carbocycles. The molecule has 0 saturated heterocycles. The molecule has 2 heterocycles. The van der Waals surface area contributed by atoms with E-state index in [1.54, 1.807) is 0 Å². The number of nitrogens with one attached hydrogen (secondary N) is 1. The second-order valence-electron chi connectivity index (χ2n) is 4.64. The third-order valence-electron chi connectivity index (χ3n) is 3.08. The van der Waals surface area contributed by atoms with Crippen molar-refractivity contribution in [3.63, 3.8) is 0 Å². The van der Waals surface area contributed by atoms with E-state index in [0.29, 0.717) is 0 Å². The highest BCUT2D eigenvalue weighted by Crippen LogP contribution is 2.19. The summed E-state index contributed by atoms with van der Waals surface area (Å²) in [5.74, 6) is 0. The summed E-state index contributed by atoms with van der Waals surface area (Å²) < 4.78 is 2.16. The maximum Gasteiger partial charge on any atom is 0.0951 e. The second kappa shape index (κ2) is 4.67. The van der Waals surface area contributed by atoms with Gasteiger partial charge in [0.15, 0.2) is 0 Å². The minimum atomic E-state index is -0.0798. The summed E-state index contributed by atoms with van der Waals surface area (Å²) in [6.07, 6.45) is 7.41. The molecular weight excluding hydrogens is 212 g/mol. The average Bonchev–Trinajstić information content (AvgIpc) is 2.79. The standard InChI is InChI=1S/C13H18N4/c1-13(2,14-3)12-8-16-10-17(12)9-11-4-6-15-7-5-11/h4-8,10,14H,9H2,1-3H3. The first-order valence-corrected chi connectivity index (χ1v) is 5.72. The summed E-state index contributed by atoms with van der Waals surface area (Å²) >= 11 is 0. The lowest BCUT2D eigenvalue weighted by atomic mass is 10.0. The van der Waals surface area contributed by atoms with Gasteiger partial charge in [-0.3, -0.25) is 4.98 Å². The van der Waals surface area contributed by atoms with Crippen LogP contribution in [-0.2, 0) is 12.1 Å². The molecule has 90 valence electrons. The van der Waals surface area contributed by atoms with Crippen LogP contribution in [0.5, 0.6) is 0 Å². The molecule has 0 bridgehead atoms. The Hall–Kier alpha value is -1.68. The van der Waals surface area contributed by atoms with Crippen LogP contribution in [0.3, 0.4) is 0 Å². The van der Waals surface area contributed by atoms with E-state index >= 15 is 0 Å². The summed E-state index contributed by atoms with van der Waals surface area (Å²) in [4.78, 5) is 8.26. The Morgan fingerprint density at radius 2 is 1.94 bits per heavy atom. The van der Waals surface area contributed by atoms with E-state index < -0.39 is 0 Å². The van der Waals surface area contributed by atoms with Crippen LogP contribution < -0.4 is 5.32 Å². The van der Waals surface area contributed by atoms with Crippen molar-refractivity contribution in [3.8, 4) is 0 Å². The first-order chi connectivity index (χ1) is 8.13. The Kier molecular flexibility index (Phi) is 3.24. The average molecular weight is 230 g/mol. The van der Waals surface area contributed by atoms with Crippen LogP contribution in [0.15, 0.2) is 37.1 Å². The molecule has 0 fully saturated rings. The lowest BCUT2D eigenvalue weighted by Gasteiger charge is -2.25. The Balaban J connectivity index is 2.26. The van der Waals surface area contributed by atoms with Gasteiger partial charge < -0.3 is 9.88 Å². The van der Waals surface area contributed by atoms with Crippen LogP contribution >= 0.6 is 0 Å². The molecule has 2 aromatic heterocycles. The number of rotatable bonds is 4. The van der Waals surface area contributed by atoms with E-state index in [1.165, 1.54) is 11.3 Å². The first-order valence-electron chi connectivity index (χ1n) is 5.72. The maximum atomic E-state index is 4.24. The normalized spacial score (nSPS) is 11.7. The van der Waals surface area contributed by atoms with Gasteiger partial charge in [-0.15, -0.1) is 0 Å². The Labute approximate surface area is 102 Å². The molecule has 0 amide bonds. The molecule has 0 spiro atoms. The van der Waals surface area contributed by atoms with Crippen molar-refractivity contribution in [1.29, 1.82) is 0 Å². The lowest BCUT2D eigenvalue weighted by molar-refractivity contribution is 0.413. The summed E-state index contributed by atoms with van der Waals surface area (Å²) in [5, 5.41) is 3.30. The highest BCUT2D eigenvalue weighted by molar-refractivity contribution is 5.16. The Bertz CT molecular complexity index is 473. The summed E-state index contributed by atoms with van der Waals surface area (Å²) in [6.45, 7) is 5.11. The number of hydrogen-bond acceptors (Lipinski definition) is 3. The molecule has 2 aromatic rings. The molecule has 0 unspecified atom stereocenters. The topological polar surface area (TPSA) is 42.7 Å². The minimum Gasteiger partial charge on any atom is -0.328 e. The number of imidazole rings is 1. The molecule has 1 N–H and O–H groups in total. The molecule has 0 radical (unpaired) electrons. The van der Waals surface area contributed by atoms with Gasteiger partial charge in [0, 0.05) is 18.9 Å². The molecule has 17 heavy (non-hydrogen) atoms. The molecule has 4 nitrogen and oxygen atoms in total. The predicted molar refractivity (Wildman–Crippen MR) is 67.7 cm³/mol. The van der Waals surface area contributed by atoms with Crippen LogP contribution in [0.4, 0.5) is 0 Å². The SMILES string of the molecule is CNC(C)(C)c1cncn1Cc1ccncc1. The number of pyridine rings is 1. The van der Waals surface area contributed by atoms with Gasteiger partial charge in [-0.25, -0.2) is 4.98 Å². The molecule has 4 heteroatoms. The van der Waals surface area contributed by atoms with E-state index in [4.69, 9.17) is 0 Å². The van der Waals surface area contributed by atoms with Crippen LogP contribution in [0, 0.1) is 0 Å². The zero-order valence-electron chi connectivity index (χ0n) is 10.5. The third-order valence-corrected chi connectivity index (χ3v) is 3.08. The van der Waals surface area contributed by atoms with E-state index in [-0.39, 0.29) is 5.54 Å². The van der Waals surface area contributed by atoms with Gasteiger partial charge in [0.2, 0.25) is 0 Å². The van der Waals surface area contributed by atoms with Crippen LogP contribution in [-0.4, -0.2) is 21.6 Å². The number of hydrogen-bond donors (Lipinski definition) is 1. The Morgan fingerprint density at radius 1 is 1.24 bits per heavy atom. The van der Waals surface area contributed by atoms with Gasteiger partial charge in [0.1, 0.15) is 0 Å². The molecular formula is C13H18N4. The quantitative estimate of drug-likeness (QED) is 0.870. The van der Waals surface area contributed by atoms with E-state index in [9.17, 15) is 0 Å². The molecule has 0 aliphatic heterocycles. The third kappa shape index (κ3) is 2.53. The number of aromatic nitrogens is 3. The van der Waals surface area contributed by atoms with E-state index in [2.05, 4.69) is 33.7 Å². The first kappa shape index (κ1) is 11.8. The zero-order chi connectivity index (χ0) is 12.3. The van der Waals surface area contributed by atoms with Gasteiger partial charge in [-0.1, -0.05) is 0 Å². The highest BCUT2D eigenvalue weighted by Gasteiger charge is 2.21. The van der Waals surface area contributed by atoms with Gasteiger partial charge >= 0.3 is 0 Å². The Morgan fingerprint density at radius 3 is 2.59 bits per heavy atom. The number of nitrogens with zero attached hydrogens (tertiary/aromatic N) is 3. The van der Waals surface area contributed by atoms with Crippen molar-refractivity contribution in [2.24, 2.45) is 0 Å². The smallest absolute Gasteiger partial charge is 0.0951 e. The van der Waals surface area contributed by atoms with Gasteiger partial charge in [0.25, 0.3) is 0 Å². The fourth-order valence-corrected chi connectivity index (χ4v) is 1.78. The van der Waals surface area contributed by atoms with Crippen molar-refractivity contribution in [2.75, 3.05) is 7.05 Å². The van der Waals surface area contributed by atoms with E-state index in [0.717, 1.165) is 6.54 Å². The molecule has 0 aromatic carbocycles. The fraction of sp³-hybridized carbons (Fsp3) is 0.385. The van der Waals surface area contributed by atoms with Crippen molar-refractivity contribution >= 4 is 0 Å². The summed E-state index contributed by atoms with van der Waals surface area (Å²) in [6, 6.07) is 4.05. The van der Waals surface area contributed by atoms with Crippen LogP contribution in [0.25, 0.3) is 0 Å². The highest BCUT2D eigenvalue weighted by atomic mass is 15.1. The molecule has 0 aliphatic rings. The molecule has 0 atom stereocenters. The largest absolute Gasteiger partial charge is 0.328 e. The zero-order valence-corrected chi connectivity index (χ0v) is 10.5. The lowest BCUT2D eigenvalue weighted by Crippen LogP contribution is -2.35. The summed E-state index contributed by atoms with van der Waals surface area (Å²) in [5.41, 5.74) is 2.33. The van der Waals surface area contributed by atoms with Crippen LogP contribution in [0.2, 0.25) is 0 Å². The van der Waals surface area contributed by atoms with Crippen molar-refractivity contribution in [3.05, 3.63) is 48.3 Å². The van der Waals surface area contributed by atoms with Crippen LogP contribution in [0.1, 0.15) is 25.1 Å². The molecule has 2 rings (SSSR count). The maximum absolute atomic E-state index is 4.24. The predicted octanol–water partition coefficient (Wildman–Crippen LogP) is 1.78. The fourth-order valence-electron chi connectivity index (χ4n) is 1.78. The monoisotopic (exact) mass is 230 g/mol. The van der Waals surface area contributed by atoms with Crippen molar-refractivity contribution in [2.45, 2.75) is 25.9 Å². The van der Waals surface area contributed by atoms with Gasteiger partial charge in [-0.2, -0.15) is 0 Å². The van der Waals surface area contributed by atoms with Crippen molar-refractivity contribution < 1.29 is 0 Å². The van der Waals surface area contributed by atoms with Crippen molar-refractivity contribution in [1.82, 2.24) is 19.9 Å². The molecule has 0 saturated carbocycles. The summed E-state index contributed by atoms with van der Waals surface area (Å²) in [7, 11) is 1.96. The van der Waals surface area contributed by atoms with E-state index in [1.807, 2.05) is 44.1 Å².